The Balaban J connectivity index is 1.30. The van der Waals surface area contributed by atoms with E-state index in [9.17, 15) is 58.2 Å². The van der Waals surface area contributed by atoms with Gasteiger partial charge in [0.1, 0.15) is 54.4 Å². The molecule has 0 unspecified atom stereocenters. The number of imidazole rings is 1. The molecule has 5 rings (SSSR count). The number of guanidine groups is 1. The number of nitrogens with one attached hydrogen (secondary N) is 7. The maximum atomic E-state index is 14.6. The van der Waals surface area contributed by atoms with Crippen LogP contribution in [0.25, 0.3) is 0 Å². The smallest absolute Gasteiger partial charge is 0.326 e. The maximum Gasteiger partial charge on any atom is 0.326 e. The lowest BCUT2D eigenvalue weighted by molar-refractivity contribution is -0.150. The van der Waals surface area contributed by atoms with E-state index in [0.717, 1.165) is 12.8 Å². The van der Waals surface area contributed by atoms with E-state index in [-0.39, 0.29) is 82.4 Å². The zero-order chi connectivity index (χ0) is 60.9. The number of aromatic nitrogens is 2. The van der Waals surface area contributed by atoms with E-state index >= 15 is 0 Å². The summed E-state index contributed by atoms with van der Waals surface area (Å²) in [4.78, 5) is 154. The van der Waals surface area contributed by atoms with Gasteiger partial charge in [0.2, 0.25) is 53.2 Å². The number of H-pyrrole nitrogens is 1. The van der Waals surface area contributed by atoms with Crippen molar-refractivity contribution in [3.63, 3.8) is 0 Å². The monoisotopic (exact) mass is 1160 g/mol. The van der Waals surface area contributed by atoms with Crippen molar-refractivity contribution in [2.45, 2.75) is 185 Å². The van der Waals surface area contributed by atoms with Crippen LogP contribution in [0.4, 0.5) is 0 Å². The first-order valence-electron chi connectivity index (χ1n) is 28.9. The van der Waals surface area contributed by atoms with Gasteiger partial charge in [-0.15, -0.1) is 0 Å². The second-order valence-electron chi connectivity index (χ2n) is 22.4. The predicted octanol–water partition coefficient (Wildman–Crippen LogP) is -1.57. The highest BCUT2D eigenvalue weighted by molar-refractivity contribution is 5.99. The summed E-state index contributed by atoms with van der Waals surface area (Å²) in [5.74, 6) is -8.32. The van der Waals surface area contributed by atoms with Crippen molar-refractivity contribution >= 4 is 65.1 Å². The molecule has 9 amide bonds. The second-order valence-corrected chi connectivity index (χ2v) is 22.4. The minimum absolute atomic E-state index is 0.0270. The van der Waals surface area contributed by atoms with Gasteiger partial charge in [0.05, 0.1) is 19.0 Å². The lowest BCUT2D eigenvalue weighted by Gasteiger charge is -2.33. The van der Waals surface area contributed by atoms with Crippen LogP contribution in [0.5, 0.6) is 0 Å². The number of carboxylic acid groups (broad SMARTS) is 1. The number of carboxylic acids is 1. The summed E-state index contributed by atoms with van der Waals surface area (Å²) >= 11 is 0. The molecule has 4 heterocycles. The van der Waals surface area contributed by atoms with E-state index in [4.69, 9.17) is 17.2 Å². The first kappa shape index (κ1) is 66.1. The molecule has 0 spiro atoms. The molecule has 1 aromatic heterocycles. The van der Waals surface area contributed by atoms with Gasteiger partial charge in [-0.1, -0.05) is 77.8 Å². The number of likely N-dealkylation sites (tertiary alicyclic amines) is 3. The number of amides is 9. The molecule has 83 heavy (non-hydrogen) atoms. The van der Waals surface area contributed by atoms with Crippen LogP contribution in [0.3, 0.4) is 0 Å². The standard InChI is InChI=1S/C56H87N15O12/c1-6-7-17-36(57)52(79)69-23-12-19-42(69)50(77)65-38(26-32(2)3)47(74)64-39(28-35-29-60-31-62-35)48(75)67-41(30-72)49(76)63-37(18-11-22-61-56(58)59)46(73)68-45(33(4)5)54(81)70-24-13-20-43(70)51(78)66-40(27-34-15-9-8-10-16-34)53(80)71-25-14-21-44(71)55(82)83/h8-10,15-16,29,31-33,36-45,72H,6-7,11-14,17-28,30,57H2,1-5H3,(H,60,62)(H,63,76)(H,64,74)(H,65,77)(H,66,78)(H,67,75)(H,68,73)(H,82,83)(H4,58,59,61)/t36-,37-,38-,39-,40-,41-,42-,43-,44-,45-/m0/s1. The van der Waals surface area contributed by atoms with Crippen LogP contribution in [-0.2, 0) is 60.8 Å². The molecule has 15 N–H and O–H groups in total. The SMILES string of the molecule is CCCC[C@H](N)C(=O)N1CCC[C@H]1C(=O)N[C@@H](CC(C)C)C(=O)N[C@@H](Cc1cnc[nH]1)C(=O)N[C@@H](CO)C(=O)N[C@@H](CCCN=C(N)N)C(=O)N[C@H](C(=O)N1CCC[C@H]1C(=O)N[C@@H](Cc1ccccc1)C(=O)N1CCC[C@H]1C(=O)O)C(C)C. The fourth-order valence-electron chi connectivity index (χ4n) is 10.7. The minimum atomic E-state index is -1.71. The van der Waals surface area contributed by atoms with E-state index < -0.39 is 126 Å². The Morgan fingerprint density at radius 2 is 1.20 bits per heavy atom. The number of benzene rings is 1. The number of aliphatic imine (C=N–C) groups is 1. The number of rotatable bonds is 31. The van der Waals surface area contributed by atoms with Gasteiger partial charge >= 0.3 is 5.97 Å². The molecule has 3 aliphatic heterocycles. The molecule has 0 saturated carbocycles. The van der Waals surface area contributed by atoms with Crippen LogP contribution in [0.15, 0.2) is 47.8 Å². The van der Waals surface area contributed by atoms with Crippen molar-refractivity contribution in [1.29, 1.82) is 0 Å². The highest BCUT2D eigenvalue weighted by Gasteiger charge is 2.44. The van der Waals surface area contributed by atoms with Crippen LogP contribution >= 0.6 is 0 Å². The van der Waals surface area contributed by atoms with Gasteiger partial charge in [-0.3, -0.25) is 48.1 Å². The summed E-state index contributed by atoms with van der Waals surface area (Å²) in [6.07, 6.45) is 7.16. The van der Waals surface area contributed by atoms with Crippen molar-refractivity contribution in [3.05, 3.63) is 54.1 Å². The van der Waals surface area contributed by atoms with Crippen molar-refractivity contribution in [2.24, 2.45) is 34.0 Å². The van der Waals surface area contributed by atoms with Crippen molar-refractivity contribution in [1.82, 2.24) is 56.6 Å². The van der Waals surface area contributed by atoms with Crippen LogP contribution in [0.1, 0.15) is 123 Å². The molecular formula is C56H87N15O12. The highest BCUT2D eigenvalue weighted by Crippen LogP contribution is 2.24. The maximum absolute atomic E-state index is 14.6. The summed E-state index contributed by atoms with van der Waals surface area (Å²) < 4.78 is 0. The number of aliphatic hydroxyl groups excluding tert-OH is 1. The first-order valence-corrected chi connectivity index (χ1v) is 28.9. The average Bonchev–Trinajstić information content (AvgIpc) is 4.47. The van der Waals surface area contributed by atoms with Crippen molar-refractivity contribution in [2.75, 3.05) is 32.8 Å². The molecular weight excluding hydrogens is 1070 g/mol. The van der Waals surface area contributed by atoms with E-state index in [2.05, 4.69) is 46.9 Å². The van der Waals surface area contributed by atoms with Gasteiger partial charge in [-0.05, 0) is 81.6 Å². The third-order valence-electron chi connectivity index (χ3n) is 15.2. The molecule has 3 fully saturated rings. The number of unbranched alkanes of at least 4 members (excludes halogenated alkanes) is 1. The topological polar surface area (TPSA) is 412 Å². The number of hydrogen-bond acceptors (Lipinski definition) is 14. The Hall–Kier alpha value is -7.68. The van der Waals surface area contributed by atoms with Gasteiger partial charge in [-0.25, -0.2) is 9.78 Å². The zero-order valence-corrected chi connectivity index (χ0v) is 48.3. The predicted molar refractivity (Wildman–Crippen MR) is 305 cm³/mol. The van der Waals surface area contributed by atoms with Gasteiger partial charge in [0.15, 0.2) is 5.96 Å². The lowest BCUT2D eigenvalue weighted by atomic mass is 10.0. The van der Waals surface area contributed by atoms with Gasteiger partial charge in [0.25, 0.3) is 0 Å². The summed E-state index contributed by atoms with van der Waals surface area (Å²) in [6, 6.07) is -2.98. The minimum Gasteiger partial charge on any atom is -0.480 e. The first-order chi connectivity index (χ1) is 39.5. The van der Waals surface area contributed by atoms with Gasteiger partial charge in [-0.2, -0.15) is 0 Å². The van der Waals surface area contributed by atoms with Gasteiger partial charge < -0.3 is 79.0 Å². The number of hydrogen-bond donors (Lipinski definition) is 12. The van der Waals surface area contributed by atoms with Crippen molar-refractivity contribution in [3.8, 4) is 0 Å². The number of aromatic amines is 1. The third kappa shape index (κ3) is 19.2. The van der Waals surface area contributed by atoms with E-state index in [1.807, 2.05) is 20.8 Å². The van der Waals surface area contributed by atoms with Crippen LogP contribution in [0.2, 0.25) is 0 Å². The normalized spacial score (nSPS) is 19.4. The molecule has 3 aliphatic rings. The number of nitrogens with zero attached hydrogens (tertiary/aromatic N) is 5. The van der Waals surface area contributed by atoms with Crippen LogP contribution < -0.4 is 49.1 Å². The molecule has 27 heteroatoms. The number of aliphatic carboxylic acids is 1. The Kier molecular flexibility index (Phi) is 25.7. The quantitative estimate of drug-likeness (QED) is 0.0230. The Labute approximate surface area is 484 Å². The summed E-state index contributed by atoms with van der Waals surface area (Å²) in [5.41, 5.74) is 18.4. The van der Waals surface area contributed by atoms with Crippen LogP contribution in [0, 0.1) is 11.8 Å². The van der Waals surface area contributed by atoms with E-state index in [1.165, 1.54) is 27.2 Å². The molecule has 2 aromatic rings. The zero-order valence-electron chi connectivity index (χ0n) is 48.3. The van der Waals surface area contributed by atoms with Crippen LogP contribution in [-0.4, -0.2) is 193 Å². The molecule has 27 nitrogen and oxygen atoms in total. The Bertz CT molecular complexity index is 2560. The fourth-order valence-corrected chi connectivity index (χ4v) is 10.7. The molecule has 0 aliphatic carbocycles. The molecule has 0 radical (unpaired) electrons. The number of nitrogens with two attached hydrogens (primary N) is 3. The number of carbonyl (C=O) groups excluding carboxylic acids is 9. The largest absolute Gasteiger partial charge is 0.480 e. The molecule has 3 saturated heterocycles. The summed E-state index contributed by atoms with van der Waals surface area (Å²) in [5, 5.41) is 36.6. The second kappa shape index (κ2) is 32.2. The number of carbonyl (C=O) groups is 10. The van der Waals surface area contributed by atoms with E-state index in [1.54, 1.807) is 44.2 Å². The summed E-state index contributed by atoms with van der Waals surface area (Å²) in [7, 11) is 0. The lowest BCUT2D eigenvalue weighted by Crippen LogP contribution is -2.61. The van der Waals surface area contributed by atoms with E-state index in [0.29, 0.717) is 49.9 Å². The Morgan fingerprint density at radius 1 is 0.663 bits per heavy atom. The molecule has 1 aromatic carbocycles. The highest BCUT2D eigenvalue weighted by atomic mass is 16.4. The van der Waals surface area contributed by atoms with Gasteiger partial charge in [0, 0.05) is 50.9 Å². The molecule has 10 atom stereocenters. The number of aliphatic hydroxyl groups is 1. The summed E-state index contributed by atoms with van der Waals surface area (Å²) in [6.45, 7) is 8.73. The third-order valence-corrected chi connectivity index (χ3v) is 15.2. The fraction of sp³-hybridized carbons (Fsp3) is 0.643. The van der Waals surface area contributed by atoms with Crippen molar-refractivity contribution < 1.29 is 58.2 Å². The Morgan fingerprint density at radius 3 is 1.76 bits per heavy atom. The average molecular weight is 1160 g/mol. The molecule has 0 bridgehead atoms. The molecule has 458 valence electrons.